The highest BCUT2D eigenvalue weighted by Gasteiger charge is 2.76. The molecule has 0 spiro atoms. The Morgan fingerprint density at radius 2 is 1.76 bits per heavy atom. The number of unbranched alkanes of at least 4 members (excludes halogenated alkanes) is 4. The summed E-state index contributed by atoms with van der Waals surface area (Å²) in [6, 6.07) is 8.19. The molecule has 1 heterocycles. The van der Waals surface area contributed by atoms with Gasteiger partial charge in [0, 0.05) is 13.5 Å². The molecule has 0 aromatic heterocycles. The van der Waals surface area contributed by atoms with Gasteiger partial charge in [0.15, 0.2) is 6.10 Å². The second-order valence-electron chi connectivity index (χ2n) is 8.09. The molecule has 1 aromatic carbocycles. The summed E-state index contributed by atoms with van der Waals surface area (Å²) < 4.78 is 56.9. The maximum absolute atomic E-state index is 12.7. The molecule has 194 valence electrons. The van der Waals surface area contributed by atoms with E-state index in [2.05, 4.69) is 0 Å². The Hall–Kier alpha value is -1.64. The average Bonchev–Trinajstić information content (AvgIpc) is 2.81. The Bertz CT molecular complexity index is 878. The number of carbonyl (C=O) groups is 1. The number of carbonyl (C=O) groups excluding carboxylic acids is 1. The molecule has 1 aliphatic heterocycles. The monoisotopic (exact) mass is 506 g/mol. The second kappa shape index (κ2) is 12.4. The number of esters is 1. The van der Waals surface area contributed by atoms with Crippen LogP contribution in [0.15, 0.2) is 30.3 Å². The molecule has 1 saturated heterocycles. The van der Waals surface area contributed by atoms with E-state index in [4.69, 9.17) is 18.9 Å². The van der Waals surface area contributed by atoms with Gasteiger partial charge in [-0.3, -0.25) is 9.35 Å². The van der Waals surface area contributed by atoms with Crippen molar-refractivity contribution in [1.82, 2.24) is 0 Å². The lowest BCUT2D eigenvalue weighted by Crippen LogP contribution is -2.78. The fraction of sp³-hybridized carbons (Fsp3) is 0.682. The van der Waals surface area contributed by atoms with Crippen LogP contribution in [0, 0.1) is 0 Å². The standard InChI is InChI=1S/C22H34O11S/c1-3-4-5-6-10-13-18(24)33-21(30-2)20(26)19(25)17(14-23)32-22(21,34(27,28)29)31-15-16-11-8-7-9-12-16/h7-9,11-12,17,19-20,23,25-26H,3-6,10,13-15H2,1-2H3,(H,27,28,29)/t17-,19-,20+,21+,22-/m1/s1. The molecule has 0 bridgehead atoms. The number of hydrogen-bond donors (Lipinski definition) is 4. The zero-order chi connectivity index (χ0) is 25.4. The number of rotatable bonds is 13. The summed E-state index contributed by atoms with van der Waals surface area (Å²) in [5.41, 5.74) is 0.447. The molecule has 11 nitrogen and oxygen atoms in total. The molecular formula is C22H34O11S. The van der Waals surface area contributed by atoms with Gasteiger partial charge in [0.1, 0.15) is 12.2 Å². The van der Waals surface area contributed by atoms with Gasteiger partial charge in [-0.05, 0) is 12.0 Å². The van der Waals surface area contributed by atoms with Crippen molar-refractivity contribution in [2.75, 3.05) is 13.7 Å². The van der Waals surface area contributed by atoms with Crippen LogP contribution < -0.4 is 0 Å². The lowest BCUT2D eigenvalue weighted by molar-refractivity contribution is -0.432. The first-order chi connectivity index (χ1) is 16.1. The van der Waals surface area contributed by atoms with Gasteiger partial charge in [-0.1, -0.05) is 62.9 Å². The molecule has 12 heteroatoms. The van der Waals surface area contributed by atoms with Crippen LogP contribution in [0.4, 0.5) is 0 Å². The molecule has 1 fully saturated rings. The Labute approximate surface area is 199 Å². The SMILES string of the molecule is CCCCCCCC(=O)O[C@@]1(OC)[C@@H](O)[C@H](O)[C@@H](CO)O[C@@]1(OCc1ccccc1)S(=O)(=O)O. The molecular weight excluding hydrogens is 472 g/mol. The van der Waals surface area contributed by atoms with Crippen LogP contribution in [0.1, 0.15) is 51.0 Å². The molecule has 0 amide bonds. The molecule has 5 atom stereocenters. The van der Waals surface area contributed by atoms with Gasteiger partial charge < -0.3 is 34.3 Å². The minimum absolute atomic E-state index is 0.151. The third-order valence-electron chi connectivity index (χ3n) is 5.67. The summed E-state index contributed by atoms with van der Waals surface area (Å²) in [4.78, 5) is 12.7. The van der Waals surface area contributed by atoms with E-state index in [0.717, 1.165) is 26.4 Å². The van der Waals surface area contributed by atoms with E-state index in [-0.39, 0.29) is 6.42 Å². The molecule has 4 N–H and O–H groups in total. The highest BCUT2D eigenvalue weighted by Crippen LogP contribution is 2.46. The fourth-order valence-corrected chi connectivity index (χ4v) is 4.87. The van der Waals surface area contributed by atoms with Gasteiger partial charge in [-0.15, -0.1) is 0 Å². The Morgan fingerprint density at radius 1 is 1.12 bits per heavy atom. The summed E-state index contributed by atoms with van der Waals surface area (Å²) in [5.74, 6) is -3.98. The van der Waals surface area contributed by atoms with Crippen molar-refractivity contribution in [3.63, 3.8) is 0 Å². The van der Waals surface area contributed by atoms with E-state index in [0.29, 0.717) is 18.4 Å². The lowest BCUT2D eigenvalue weighted by Gasteiger charge is -2.52. The van der Waals surface area contributed by atoms with Crippen molar-refractivity contribution in [2.45, 2.75) is 81.3 Å². The van der Waals surface area contributed by atoms with Crippen molar-refractivity contribution in [1.29, 1.82) is 0 Å². The number of methoxy groups -OCH3 is 1. The number of hydrogen-bond acceptors (Lipinski definition) is 10. The minimum atomic E-state index is -5.48. The Kier molecular flexibility index (Phi) is 10.4. The van der Waals surface area contributed by atoms with E-state index in [1.54, 1.807) is 30.3 Å². The van der Waals surface area contributed by atoms with E-state index >= 15 is 0 Å². The van der Waals surface area contributed by atoms with Gasteiger partial charge in [0.2, 0.25) is 0 Å². The van der Waals surface area contributed by atoms with E-state index < -0.39 is 58.5 Å². The van der Waals surface area contributed by atoms with Crippen LogP contribution in [0.5, 0.6) is 0 Å². The first kappa shape index (κ1) is 28.6. The van der Waals surface area contributed by atoms with Crippen molar-refractivity contribution >= 4 is 16.1 Å². The van der Waals surface area contributed by atoms with Gasteiger partial charge in [-0.25, -0.2) is 0 Å². The maximum atomic E-state index is 12.7. The lowest BCUT2D eigenvalue weighted by atomic mass is 9.95. The highest BCUT2D eigenvalue weighted by atomic mass is 32.2. The Balaban J connectivity index is 2.45. The average molecular weight is 507 g/mol. The molecule has 34 heavy (non-hydrogen) atoms. The van der Waals surface area contributed by atoms with Crippen molar-refractivity contribution in [2.24, 2.45) is 0 Å². The van der Waals surface area contributed by atoms with Gasteiger partial charge in [0.05, 0.1) is 13.2 Å². The first-order valence-corrected chi connectivity index (χ1v) is 12.6. The Morgan fingerprint density at radius 3 is 2.32 bits per heavy atom. The normalized spacial score (nSPS) is 29.6. The molecule has 1 aliphatic rings. The highest BCUT2D eigenvalue weighted by molar-refractivity contribution is 7.87. The van der Waals surface area contributed by atoms with Crippen molar-refractivity contribution < 1.29 is 52.0 Å². The summed E-state index contributed by atoms with van der Waals surface area (Å²) in [5, 5.41) is 27.6. The smallest absolute Gasteiger partial charge is 0.371 e. The summed E-state index contributed by atoms with van der Waals surface area (Å²) >= 11 is 0. The molecule has 0 unspecified atom stereocenters. The summed E-state index contributed by atoms with van der Waals surface area (Å²) in [6.07, 6.45) is -2.09. The quantitative estimate of drug-likeness (QED) is 0.131. The predicted octanol–water partition coefficient (Wildman–Crippen LogP) is 1.10. The van der Waals surface area contributed by atoms with Crippen LogP contribution in [-0.2, 0) is 40.5 Å². The van der Waals surface area contributed by atoms with Crippen LogP contribution in [0.3, 0.4) is 0 Å². The van der Waals surface area contributed by atoms with Gasteiger partial charge >= 0.3 is 27.0 Å². The molecule has 0 saturated carbocycles. The first-order valence-electron chi connectivity index (χ1n) is 11.1. The summed E-state index contributed by atoms with van der Waals surface area (Å²) in [7, 11) is -4.58. The topological polar surface area (TPSA) is 169 Å². The third kappa shape index (κ3) is 5.94. The van der Waals surface area contributed by atoms with Crippen molar-refractivity contribution in [3.8, 4) is 0 Å². The predicted molar refractivity (Wildman–Crippen MR) is 119 cm³/mol. The fourth-order valence-electron chi connectivity index (χ4n) is 3.81. The van der Waals surface area contributed by atoms with Crippen LogP contribution in [-0.4, -0.2) is 77.2 Å². The number of benzene rings is 1. The minimum Gasteiger partial charge on any atom is -0.423 e. The largest absolute Gasteiger partial charge is 0.423 e. The number of aliphatic hydroxyl groups is 3. The van der Waals surface area contributed by atoms with E-state index in [9.17, 15) is 33.1 Å². The molecule has 0 radical (unpaired) electrons. The van der Waals surface area contributed by atoms with Gasteiger partial charge in [0.25, 0.3) is 0 Å². The van der Waals surface area contributed by atoms with Gasteiger partial charge in [-0.2, -0.15) is 8.42 Å². The van der Waals surface area contributed by atoms with E-state index in [1.165, 1.54) is 0 Å². The number of ether oxygens (including phenoxy) is 4. The number of aliphatic hydroxyl groups excluding tert-OH is 3. The zero-order valence-corrected chi connectivity index (χ0v) is 20.1. The summed E-state index contributed by atoms with van der Waals surface area (Å²) in [6.45, 7) is 0.604. The maximum Gasteiger partial charge on any atom is 0.371 e. The molecule has 1 aromatic rings. The third-order valence-corrected chi connectivity index (χ3v) is 6.85. The second-order valence-corrected chi connectivity index (χ2v) is 9.58. The molecule has 0 aliphatic carbocycles. The van der Waals surface area contributed by atoms with E-state index in [1.807, 2.05) is 6.92 Å². The van der Waals surface area contributed by atoms with Crippen LogP contribution in [0.25, 0.3) is 0 Å². The van der Waals surface area contributed by atoms with Crippen molar-refractivity contribution in [3.05, 3.63) is 35.9 Å². The van der Waals surface area contributed by atoms with Crippen LogP contribution in [0.2, 0.25) is 0 Å². The van der Waals surface area contributed by atoms with Crippen LogP contribution >= 0.6 is 0 Å². The molecule has 2 rings (SSSR count). The zero-order valence-electron chi connectivity index (χ0n) is 19.3.